The van der Waals surface area contributed by atoms with Gasteiger partial charge >= 0.3 is 5.97 Å². The van der Waals surface area contributed by atoms with Gasteiger partial charge in [-0.25, -0.2) is 4.79 Å². The first kappa shape index (κ1) is 22.9. The molecule has 0 aliphatic carbocycles. The molecule has 3 aromatic carbocycles. The highest BCUT2D eigenvalue weighted by molar-refractivity contribution is 6.30. The number of hydrogen-bond donors (Lipinski definition) is 0. The standard InChI is InChI=1S/C22H14Cl2N2O6/c23-17-6-1-14(2-7-17)3-10-21(15-4-8-18(24)9-5-15)32-22(27)16-11-19(25(28)29)13-20(12-16)26(30)31/h1-13,21H/b10-3+. The molecule has 0 fully saturated rings. The van der Waals surface area contributed by atoms with Gasteiger partial charge in [-0.2, -0.15) is 0 Å². The molecule has 0 saturated carbocycles. The molecule has 0 spiro atoms. The van der Waals surface area contributed by atoms with Crippen molar-refractivity contribution in [1.82, 2.24) is 0 Å². The molecule has 3 rings (SSSR count). The second-order valence-electron chi connectivity index (χ2n) is 6.54. The number of nitro groups is 2. The van der Waals surface area contributed by atoms with Gasteiger partial charge in [0.2, 0.25) is 0 Å². The fourth-order valence-corrected chi connectivity index (χ4v) is 3.00. The van der Waals surface area contributed by atoms with Crippen molar-refractivity contribution < 1.29 is 19.4 Å². The smallest absolute Gasteiger partial charge is 0.339 e. The van der Waals surface area contributed by atoms with Gasteiger partial charge in [0.1, 0.15) is 6.10 Å². The third-order valence-corrected chi connectivity index (χ3v) is 4.83. The third-order valence-electron chi connectivity index (χ3n) is 4.33. The van der Waals surface area contributed by atoms with E-state index in [2.05, 4.69) is 0 Å². The molecule has 1 atom stereocenters. The molecule has 3 aromatic rings. The summed E-state index contributed by atoms with van der Waals surface area (Å²) in [6.07, 6.45) is 2.42. The quantitative estimate of drug-likeness (QED) is 0.222. The van der Waals surface area contributed by atoms with Crippen molar-refractivity contribution in [2.75, 3.05) is 0 Å². The van der Waals surface area contributed by atoms with Gasteiger partial charge in [0.25, 0.3) is 11.4 Å². The molecule has 8 nitrogen and oxygen atoms in total. The first-order valence-electron chi connectivity index (χ1n) is 9.07. The summed E-state index contributed by atoms with van der Waals surface area (Å²) in [5.41, 5.74) is -0.134. The second kappa shape index (κ2) is 10.0. The molecule has 0 bridgehead atoms. The number of nitrogens with zero attached hydrogens (tertiary/aromatic N) is 2. The predicted molar refractivity (Wildman–Crippen MR) is 120 cm³/mol. The first-order valence-corrected chi connectivity index (χ1v) is 9.82. The van der Waals surface area contributed by atoms with Gasteiger partial charge in [-0.3, -0.25) is 20.2 Å². The average molecular weight is 473 g/mol. The van der Waals surface area contributed by atoms with Gasteiger partial charge in [0.05, 0.1) is 21.5 Å². The largest absolute Gasteiger partial charge is 0.450 e. The molecule has 162 valence electrons. The normalized spacial score (nSPS) is 11.8. The van der Waals surface area contributed by atoms with Crippen molar-refractivity contribution in [3.8, 4) is 0 Å². The average Bonchev–Trinajstić information content (AvgIpc) is 2.77. The zero-order chi connectivity index (χ0) is 23.3. The lowest BCUT2D eigenvalue weighted by Crippen LogP contribution is -2.11. The molecule has 0 heterocycles. The Labute approximate surface area is 192 Å². The fraction of sp³-hybridized carbons (Fsp3) is 0.0455. The van der Waals surface area contributed by atoms with Crippen LogP contribution in [0.15, 0.2) is 72.8 Å². The molecular weight excluding hydrogens is 459 g/mol. The number of esters is 1. The fourth-order valence-electron chi connectivity index (χ4n) is 2.75. The van der Waals surface area contributed by atoms with Crippen LogP contribution in [-0.2, 0) is 4.74 Å². The molecule has 0 aliphatic rings. The lowest BCUT2D eigenvalue weighted by Gasteiger charge is -2.15. The summed E-state index contributed by atoms with van der Waals surface area (Å²) in [7, 11) is 0. The minimum Gasteiger partial charge on any atom is -0.450 e. The van der Waals surface area contributed by atoms with Gasteiger partial charge in [-0.15, -0.1) is 0 Å². The monoisotopic (exact) mass is 472 g/mol. The van der Waals surface area contributed by atoms with E-state index in [0.29, 0.717) is 15.6 Å². The van der Waals surface area contributed by atoms with Crippen LogP contribution in [0.5, 0.6) is 0 Å². The van der Waals surface area contributed by atoms with E-state index in [1.807, 2.05) is 0 Å². The van der Waals surface area contributed by atoms with E-state index >= 15 is 0 Å². The number of rotatable bonds is 7. The Morgan fingerprint density at radius 3 is 1.84 bits per heavy atom. The molecule has 0 aromatic heterocycles. The molecule has 0 radical (unpaired) electrons. The molecule has 32 heavy (non-hydrogen) atoms. The third kappa shape index (κ3) is 5.90. The van der Waals surface area contributed by atoms with Gasteiger partial charge in [-0.05, 0) is 41.5 Å². The van der Waals surface area contributed by atoms with Crippen molar-refractivity contribution in [2.24, 2.45) is 0 Å². The molecule has 10 heteroatoms. The maximum absolute atomic E-state index is 12.8. The van der Waals surface area contributed by atoms with Crippen molar-refractivity contribution >= 4 is 46.6 Å². The van der Waals surface area contributed by atoms with Gasteiger partial charge < -0.3 is 4.74 Å². The summed E-state index contributed by atoms with van der Waals surface area (Å²) >= 11 is 11.8. The first-order chi connectivity index (χ1) is 15.2. The number of halogens is 2. The molecule has 0 N–H and O–H groups in total. The minimum absolute atomic E-state index is 0.315. The van der Waals surface area contributed by atoms with E-state index in [9.17, 15) is 25.0 Å². The Kier molecular flexibility index (Phi) is 7.19. The van der Waals surface area contributed by atoms with Crippen molar-refractivity contribution in [2.45, 2.75) is 6.10 Å². The molecular formula is C22H14Cl2N2O6. The Hall–Kier alpha value is -3.75. The van der Waals surface area contributed by atoms with E-state index in [4.69, 9.17) is 27.9 Å². The maximum Gasteiger partial charge on any atom is 0.339 e. The van der Waals surface area contributed by atoms with Crippen LogP contribution < -0.4 is 0 Å². The highest BCUT2D eigenvalue weighted by Crippen LogP contribution is 2.27. The molecule has 1 unspecified atom stereocenters. The number of hydrogen-bond acceptors (Lipinski definition) is 6. The Balaban J connectivity index is 1.94. The van der Waals surface area contributed by atoms with E-state index in [-0.39, 0.29) is 5.56 Å². The van der Waals surface area contributed by atoms with Gasteiger partial charge in [-0.1, -0.05) is 53.5 Å². The number of ether oxygens (including phenoxy) is 1. The summed E-state index contributed by atoms with van der Waals surface area (Å²) in [4.78, 5) is 33.3. The van der Waals surface area contributed by atoms with Gasteiger partial charge in [0, 0.05) is 22.2 Å². The lowest BCUT2D eigenvalue weighted by atomic mass is 10.1. The summed E-state index contributed by atoms with van der Waals surface area (Å²) < 4.78 is 5.54. The summed E-state index contributed by atoms with van der Waals surface area (Å²) in [5.74, 6) is -0.961. The zero-order valence-corrected chi connectivity index (χ0v) is 17.7. The predicted octanol–water partition coefficient (Wildman–Crippen LogP) is 6.42. The highest BCUT2D eigenvalue weighted by Gasteiger charge is 2.23. The number of non-ortho nitro benzene ring substituents is 2. The van der Waals surface area contributed by atoms with Crippen LogP contribution in [0.2, 0.25) is 10.0 Å². The van der Waals surface area contributed by atoms with Crippen LogP contribution in [0.1, 0.15) is 27.6 Å². The van der Waals surface area contributed by atoms with Gasteiger partial charge in [0.15, 0.2) is 0 Å². The molecule has 0 aliphatic heterocycles. The summed E-state index contributed by atoms with van der Waals surface area (Å²) in [5, 5.41) is 23.3. The molecule has 0 saturated heterocycles. The number of carbonyl (C=O) groups is 1. The van der Waals surface area contributed by atoms with Crippen LogP contribution in [-0.4, -0.2) is 15.8 Å². The summed E-state index contributed by atoms with van der Waals surface area (Å²) in [6, 6.07) is 16.1. The van der Waals surface area contributed by atoms with Crippen molar-refractivity contribution in [3.05, 3.63) is 120 Å². The second-order valence-corrected chi connectivity index (χ2v) is 7.41. The number of nitro benzene ring substituents is 2. The van der Waals surface area contributed by atoms with Crippen LogP contribution in [0, 0.1) is 20.2 Å². The van der Waals surface area contributed by atoms with Crippen molar-refractivity contribution in [1.29, 1.82) is 0 Å². The van der Waals surface area contributed by atoms with E-state index in [1.54, 1.807) is 60.7 Å². The Bertz CT molecular complexity index is 1160. The molecule has 0 amide bonds. The zero-order valence-electron chi connectivity index (χ0n) is 16.2. The van der Waals surface area contributed by atoms with Crippen LogP contribution in [0.3, 0.4) is 0 Å². The Morgan fingerprint density at radius 1 is 0.844 bits per heavy atom. The van der Waals surface area contributed by atoms with E-state index in [0.717, 1.165) is 23.8 Å². The van der Waals surface area contributed by atoms with E-state index in [1.165, 1.54) is 0 Å². The Morgan fingerprint density at radius 2 is 1.34 bits per heavy atom. The van der Waals surface area contributed by atoms with Crippen LogP contribution in [0.4, 0.5) is 11.4 Å². The SMILES string of the molecule is O=C(OC(/C=C/c1ccc(Cl)cc1)c1ccc(Cl)cc1)c1cc([N+](=O)[O-])cc([N+](=O)[O-])c1. The van der Waals surface area contributed by atoms with E-state index < -0.39 is 33.3 Å². The summed E-state index contributed by atoms with van der Waals surface area (Å²) in [6.45, 7) is 0. The number of carbonyl (C=O) groups excluding carboxylic acids is 1. The lowest BCUT2D eigenvalue weighted by molar-refractivity contribution is -0.394. The maximum atomic E-state index is 12.8. The van der Waals surface area contributed by atoms with Crippen LogP contribution >= 0.6 is 23.2 Å². The highest BCUT2D eigenvalue weighted by atomic mass is 35.5. The topological polar surface area (TPSA) is 113 Å². The number of benzene rings is 3. The van der Waals surface area contributed by atoms with Crippen molar-refractivity contribution in [3.63, 3.8) is 0 Å². The minimum atomic E-state index is -0.961. The van der Waals surface area contributed by atoms with Crippen LogP contribution in [0.25, 0.3) is 6.08 Å².